The van der Waals surface area contributed by atoms with Gasteiger partial charge in [0, 0.05) is 30.1 Å². The van der Waals surface area contributed by atoms with Crippen molar-refractivity contribution in [2.45, 2.75) is 44.6 Å². The Balaban J connectivity index is 0.000000162. The number of aliphatic hydroxyl groups excluding tert-OH is 1. The van der Waals surface area contributed by atoms with Gasteiger partial charge < -0.3 is 9.63 Å². The van der Waals surface area contributed by atoms with Gasteiger partial charge in [0.05, 0.1) is 16.7 Å². The highest BCUT2D eigenvalue weighted by Gasteiger charge is 2.36. The molecule has 0 bridgehead atoms. The van der Waals surface area contributed by atoms with E-state index < -0.39 is 9.04 Å². The number of aromatic nitrogens is 1. The van der Waals surface area contributed by atoms with Crippen molar-refractivity contribution >= 4 is 32.2 Å². The summed E-state index contributed by atoms with van der Waals surface area (Å²) >= 11 is 12.3. The van der Waals surface area contributed by atoms with E-state index in [-0.39, 0.29) is 6.61 Å². The summed E-state index contributed by atoms with van der Waals surface area (Å²) in [7, 11) is -0.446. The fourth-order valence-corrected chi connectivity index (χ4v) is 5.55. The van der Waals surface area contributed by atoms with Crippen LogP contribution in [0.2, 0.25) is 10.0 Å². The predicted molar refractivity (Wildman–Crippen MR) is 112 cm³/mol. The number of aliphatic hydroxyl groups is 1. The van der Waals surface area contributed by atoms with Crippen LogP contribution in [0.5, 0.6) is 0 Å². The predicted octanol–water partition coefficient (Wildman–Crippen LogP) is 6.21. The molecule has 4 nitrogen and oxygen atoms in total. The van der Waals surface area contributed by atoms with Crippen molar-refractivity contribution in [3.8, 4) is 11.3 Å². The Morgan fingerprint density at radius 2 is 1.79 bits per heavy atom. The number of hydrogen-bond donors (Lipinski definition) is 1. The van der Waals surface area contributed by atoms with Gasteiger partial charge in [0.25, 0.3) is 0 Å². The summed E-state index contributed by atoms with van der Waals surface area (Å²) < 4.78 is 19.5. The zero-order valence-electron chi connectivity index (χ0n) is 15.5. The lowest BCUT2D eigenvalue weighted by Crippen LogP contribution is -2.09. The second kappa shape index (κ2) is 8.97. The van der Waals surface area contributed by atoms with Crippen LogP contribution in [0.3, 0.4) is 0 Å². The van der Waals surface area contributed by atoms with Gasteiger partial charge in [-0.1, -0.05) is 40.8 Å². The SMILES string of the molecule is FPN1C[C@H]2CCC[C@H]2C1.OCc1c(-c2c(Cl)cccc2Cl)noc1C1CC1. The van der Waals surface area contributed by atoms with E-state index in [1.165, 1.54) is 19.3 Å². The van der Waals surface area contributed by atoms with Crippen molar-refractivity contribution in [3.63, 3.8) is 0 Å². The third-order valence-corrected chi connectivity index (χ3v) is 7.20. The van der Waals surface area contributed by atoms with Gasteiger partial charge in [-0.25, -0.2) is 4.20 Å². The molecular weight excluding hydrogens is 421 g/mol. The van der Waals surface area contributed by atoms with Crippen LogP contribution in [0.15, 0.2) is 22.7 Å². The van der Waals surface area contributed by atoms with Gasteiger partial charge in [-0.3, -0.25) is 4.67 Å². The molecule has 1 aromatic carbocycles. The minimum atomic E-state index is -0.446. The first-order valence-electron chi connectivity index (χ1n) is 9.77. The Labute approximate surface area is 176 Å². The molecule has 3 aliphatic rings. The van der Waals surface area contributed by atoms with E-state index in [1.807, 2.05) is 4.67 Å². The Kier molecular flexibility index (Phi) is 6.59. The standard InChI is InChI=1S/C13H11Cl2NO2.C7H13FNP/c14-9-2-1-3-10(15)11(9)12-8(6-17)13(18-16-12)7-4-5-7;8-10-9-4-6-2-1-3-7(6)5-9/h1-3,7,17H,4-6H2;6-7,10H,1-5H2/t;6-,7+. The number of halogens is 3. The number of fused-ring (bicyclic) bond motifs is 1. The molecule has 3 fully saturated rings. The third-order valence-electron chi connectivity index (χ3n) is 5.97. The molecule has 2 heterocycles. The Bertz CT molecular complexity index is 798. The van der Waals surface area contributed by atoms with Crippen LogP contribution in [0.1, 0.15) is 49.3 Å². The van der Waals surface area contributed by atoms with E-state index in [0.717, 1.165) is 43.5 Å². The second-order valence-corrected chi connectivity index (χ2v) is 9.46. The van der Waals surface area contributed by atoms with Crippen LogP contribution in [0.4, 0.5) is 4.20 Å². The van der Waals surface area contributed by atoms with E-state index in [0.29, 0.717) is 32.8 Å². The molecule has 28 heavy (non-hydrogen) atoms. The lowest BCUT2D eigenvalue weighted by atomic mass is 10.0. The van der Waals surface area contributed by atoms with Crippen molar-refractivity contribution in [1.29, 1.82) is 0 Å². The maximum absolute atomic E-state index is 12.2. The first-order valence-corrected chi connectivity index (χ1v) is 11.3. The normalized spacial score (nSPS) is 24.6. The monoisotopic (exact) mass is 444 g/mol. The molecule has 152 valence electrons. The lowest BCUT2D eigenvalue weighted by molar-refractivity contribution is 0.277. The highest BCUT2D eigenvalue weighted by molar-refractivity contribution is 7.28. The molecule has 1 N–H and O–H groups in total. The fourth-order valence-electron chi connectivity index (χ4n) is 4.37. The number of nitrogens with zero attached hydrogens (tertiary/aromatic N) is 2. The molecule has 8 heteroatoms. The largest absolute Gasteiger partial charge is 0.391 e. The molecular formula is C20H24Cl2FN2O2P. The molecule has 2 aromatic rings. The molecule has 2 saturated carbocycles. The van der Waals surface area contributed by atoms with Gasteiger partial charge in [0.2, 0.25) is 0 Å². The molecule has 5 rings (SSSR count). The summed E-state index contributed by atoms with van der Waals surface area (Å²) in [6.45, 7) is 1.96. The summed E-state index contributed by atoms with van der Waals surface area (Å²) in [5.41, 5.74) is 1.88. The van der Waals surface area contributed by atoms with Crippen molar-refractivity contribution in [2.24, 2.45) is 11.8 Å². The van der Waals surface area contributed by atoms with E-state index in [9.17, 15) is 9.30 Å². The van der Waals surface area contributed by atoms with Gasteiger partial charge in [0.15, 0.2) is 0 Å². The van der Waals surface area contributed by atoms with Crippen LogP contribution in [-0.4, -0.2) is 28.0 Å². The maximum atomic E-state index is 12.2. The fraction of sp³-hybridized carbons (Fsp3) is 0.550. The maximum Gasteiger partial charge on any atom is 0.145 e. The third kappa shape index (κ3) is 4.24. The second-order valence-electron chi connectivity index (χ2n) is 7.84. The number of benzene rings is 1. The molecule has 1 unspecified atom stereocenters. The van der Waals surface area contributed by atoms with Crippen molar-refractivity contribution in [3.05, 3.63) is 39.6 Å². The van der Waals surface area contributed by atoms with Gasteiger partial charge in [-0.2, -0.15) is 0 Å². The first-order chi connectivity index (χ1) is 13.6. The molecule has 0 radical (unpaired) electrons. The number of hydrogen-bond acceptors (Lipinski definition) is 4. The molecule has 0 amide bonds. The minimum absolute atomic E-state index is 0.119. The topological polar surface area (TPSA) is 49.5 Å². The summed E-state index contributed by atoms with van der Waals surface area (Å²) in [5, 5.41) is 14.6. The quantitative estimate of drug-likeness (QED) is 0.569. The van der Waals surface area contributed by atoms with Crippen LogP contribution >= 0.6 is 32.2 Å². The zero-order valence-corrected chi connectivity index (χ0v) is 18.0. The first kappa shape index (κ1) is 20.6. The van der Waals surface area contributed by atoms with Crippen LogP contribution in [0, 0.1) is 11.8 Å². The average molecular weight is 445 g/mol. The molecule has 1 saturated heterocycles. The summed E-state index contributed by atoms with van der Waals surface area (Å²) in [4.78, 5) is 0. The zero-order chi connectivity index (χ0) is 19.7. The van der Waals surface area contributed by atoms with Crippen molar-refractivity contribution in [2.75, 3.05) is 13.1 Å². The van der Waals surface area contributed by atoms with Crippen LogP contribution in [0.25, 0.3) is 11.3 Å². The van der Waals surface area contributed by atoms with Crippen LogP contribution in [-0.2, 0) is 6.61 Å². The Morgan fingerprint density at radius 1 is 1.14 bits per heavy atom. The van der Waals surface area contributed by atoms with Crippen molar-refractivity contribution < 1.29 is 13.8 Å². The highest BCUT2D eigenvalue weighted by atomic mass is 35.5. The summed E-state index contributed by atoms with van der Waals surface area (Å²) in [5.74, 6) is 2.85. The Hall–Kier alpha value is -0.710. The van der Waals surface area contributed by atoms with E-state index >= 15 is 0 Å². The smallest absolute Gasteiger partial charge is 0.145 e. The average Bonchev–Trinajstić information content (AvgIpc) is 3.11. The van der Waals surface area contributed by atoms with Gasteiger partial charge >= 0.3 is 0 Å². The summed E-state index contributed by atoms with van der Waals surface area (Å²) in [6.07, 6.45) is 6.26. The van der Waals surface area contributed by atoms with Crippen molar-refractivity contribution in [1.82, 2.24) is 9.83 Å². The highest BCUT2D eigenvalue weighted by Crippen LogP contribution is 2.45. The molecule has 3 atom stereocenters. The molecule has 1 aliphatic heterocycles. The Morgan fingerprint density at radius 3 is 2.32 bits per heavy atom. The molecule has 2 aliphatic carbocycles. The van der Waals surface area contributed by atoms with E-state index in [2.05, 4.69) is 5.16 Å². The lowest BCUT2D eigenvalue weighted by Gasteiger charge is -2.08. The van der Waals surface area contributed by atoms with Gasteiger partial charge in [-0.15, -0.1) is 0 Å². The van der Waals surface area contributed by atoms with Gasteiger partial charge in [-0.05, 0) is 49.7 Å². The summed E-state index contributed by atoms with van der Waals surface area (Å²) in [6, 6.07) is 5.26. The minimum Gasteiger partial charge on any atom is -0.391 e. The van der Waals surface area contributed by atoms with Crippen LogP contribution < -0.4 is 0 Å². The van der Waals surface area contributed by atoms with E-state index in [4.69, 9.17) is 27.7 Å². The number of rotatable bonds is 4. The molecule has 0 spiro atoms. The van der Waals surface area contributed by atoms with Gasteiger partial charge in [0.1, 0.15) is 20.5 Å². The van der Waals surface area contributed by atoms with E-state index in [1.54, 1.807) is 18.2 Å². The molecule has 1 aromatic heterocycles.